The SMILES string of the molecule is CCNC(=O)c1cc(C(N)=O)c(C)cc1O. The van der Waals surface area contributed by atoms with Crippen LogP contribution in [0.15, 0.2) is 12.1 Å². The molecule has 5 nitrogen and oxygen atoms in total. The van der Waals surface area contributed by atoms with E-state index >= 15 is 0 Å². The molecular weight excluding hydrogens is 208 g/mol. The summed E-state index contributed by atoms with van der Waals surface area (Å²) in [5.41, 5.74) is 5.99. The van der Waals surface area contributed by atoms with Crippen molar-refractivity contribution < 1.29 is 14.7 Å². The fourth-order valence-corrected chi connectivity index (χ4v) is 1.40. The van der Waals surface area contributed by atoms with Crippen LogP contribution in [0, 0.1) is 6.92 Å². The molecular formula is C11H14N2O3. The van der Waals surface area contributed by atoms with Gasteiger partial charge in [-0.1, -0.05) is 0 Å². The molecule has 16 heavy (non-hydrogen) atoms. The summed E-state index contributed by atoms with van der Waals surface area (Å²) in [4.78, 5) is 22.6. The van der Waals surface area contributed by atoms with Gasteiger partial charge in [0.2, 0.25) is 5.91 Å². The molecule has 0 aromatic heterocycles. The van der Waals surface area contributed by atoms with Gasteiger partial charge in [0.25, 0.3) is 5.91 Å². The monoisotopic (exact) mass is 222 g/mol. The van der Waals surface area contributed by atoms with Gasteiger partial charge in [-0.25, -0.2) is 0 Å². The minimum Gasteiger partial charge on any atom is -0.507 e. The number of nitrogens with one attached hydrogen (secondary N) is 1. The first kappa shape index (κ1) is 12.0. The highest BCUT2D eigenvalue weighted by Gasteiger charge is 2.15. The summed E-state index contributed by atoms with van der Waals surface area (Å²) in [7, 11) is 0. The second kappa shape index (κ2) is 4.65. The van der Waals surface area contributed by atoms with E-state index in [9.17, 15) is 14.7 Å². The molecule has 1 aromatic rings. The Morgan fingerprint density at radius 3 is 2.50 bits per heavy atom. The highest BCUT2D eigenvalue weighted by Crippen LogP contribution is 2.21. The van der Waals surface area contributed by atoms with Crippen LogP contribution in [0.3, 0.4) is 0 Å². The van der Waals surface area contributed by atoms with Gasteiger partial charge in [-0.05, 0) is 31.5 Å². The average Bonchev–Trinajstić information content (AvgIpc) is 2.17. The van der Waals surface area contributed by atoms with Gasteiger partial charge in [0.15, 0.2) is 0 Å². The third kappa shape index (κ3) is 2.31. The quantitative estimate of drug-likeness (QED) is 0.697. The maximum atomic E-state index is 11.5. The van der Waals surface area contributed by atoms with E-state index in [0.717, 1.165) is 0 Å². The zero-order valence-electron chi connectivity index (χ0n) is 9.20. The first-order chi connectivity index (χ1) is 7.47. The van der Waals surface area contributed by atoms with Gasteiger partial charge >= 0.3 is 0 Å². The number of aromatic hydroxyl groups is 1. The number of benzene rings is 1. The maximum absolute atomic E-state index is 11.5. The summed E-state index contributed by atoms with van der Waals surface area (Å²) in [6.07, 6.45) is 0. The summed E-state index contributed by atoms with van der Waals surface area (Å²) in [6, 6.07) is 2.66. The Labute approximate surface area is 93.3 Å². The third-order valence-corrected chi connectivity index (χ3v) is 2.19. The lowest BCUT2D eigenvalue weighted by Crippen LogP contribution is -2.23. The first-order valence-electron chi connectivity index (χ1n) is 4.89. The summed E-state index contributed by atoms with van der Waals surface area (Å²) in [5.74, 6) is -1.21. The number of phenolic OH excluding ortho intramolecular Hbond substituents is 1. The molecule has 0 fully saturated rings. The van der Waals surface area contributed by atoms with E-state index in [1.807, 2.05) is 0 Å². The van der Waals surface area contributed by atoms with Crippen LogP contribution in [0.5, 0.6) is 5.75 Å². The maximum Gasteiger partial charge on any atom is 0.255 e. The number of hydrogen-bond acceptors (Lipinski definition) is 3. The molecule has 0 spiro atoms. The van der Waals surface area contributed by atoms with Crippen LogP contribution in [-0.4, -0.2) is 23.5 Å². The number of aryl methyl sites for hydroxylation is 1. The molecule has 0 bridgehead atoms. The Hall–Kier alpha value is -2.04. The standard InChI is InChI=1S/C11H14N2O3/c1-3-13-11(16)8-5-7(10(12)15)6(2)4-9(8)14/h4-5,14H,3H2,1-2H3,(H2,12,15)(H,13,16). The van der Waals surface area contributed by atoms with Gasteiger partial charge in [-0.2, -0.15) is 0 Å². The van der Waals surface area contributed by atoms with Crippen LogP contribution in [0.25, 0.3) is 0 Å². The third-order valence-electron chi connectivity index (χ3n) is 2.19. The van der Waals surface area contributed by atoms with Gasteiger partial charge in [0, 0.05) is 12.1 Å². The van der Waals surface area contributed by atoms with Crippen molar-refractivity contribution in [2.24, 2.45) is 5.73 Å². The number of amides is 2. The van der Waals surface area contributed by atoms with Gasteiger partial charge in [-0.15, -0.1) is 0 Å². The van der Waals surface area contributed by atoms with Crippen LogP contribution in [0.1, 0.15) is 33.2 Å². The molecule has 0 aliphatic heterocycles. The number of carbonyl (C=O) groups excluding carboxylic acids is 2. The Kier molecular flexibility index (Phi) is 3.50. The van der Waals surface area contributed by atoms with Crippen molar-refractivity contribution >= 4 is 11.8 Å². The average molecular weight is 222 g/mol. The van der Waals surface area contributed by atoms with Crippen LogP contribution in [0.2, 0.25) is 0 Å². The highest BCUT2D eigenvalue weighted by molar-refractivity contribution is 6.01. The zero-order valence-corrected chi connectivity index (χ0v) is 9.20. The molecule has 0 unspecified atom stereocenters. The minimum absolute atomic E-state index is 0.0567. The lowest BCUT2D eigenvalue weighted by Gasteiger charge is -2.08. The van der Waals surface area contributed by atoms with E-state index in [1.54, 1.807) is 13.8 Å². The summed E-state index contributed by atoms with van der Waals surface area (Å²) in [5, 5.41) is 12.1. The van der Waals surface area contributed by atoms with E-state index in [4.69, 9.17) is 5.73 Å². The molecule has 1 aromatic carbocycles. The lowest BCUT2D eigenvalue weighted by molar-refractivity contribution is 0.0953. The van der Waals surface area contributed by atoms with Gasteiger partial charge in [0.05, 0.1) is 5.56 Å². The van der Waals surface area contributed by atoms with Crippen LogP contribution >= 0.6 is 0 Å². The van der Waals surface area contributed by atoms with Crippen molar-refractivity contribution in [2.45, 2.75) is 13.8 Å². The zero-order chi connectivity index (χ0) is 12.3. The molecule has 4 N–H and O–H groups in total. The molecule has 0 saturated carbocycles. The Morgan fingerprint density at radius 2 is 2.00 bits per heavy atom. The predicted octanol–water partition coefficient (Wildman–Crippen LogP) is 0.549. The Morgan fingerprint density at radius 1 is 1.38 bits per heavy atom. The molecule has 0 saturated heterocycles. The van der Waals surface area contributed by atoms with Crippen molar-refractivity contribution in [3.63, 3.8) is 0 Å². The topological polar surface area (TPSA) is 92.4 Å². The Balaban J connectivity index is 3.24. The van der Waals surface area contributed by atoms with E-state index < -0.39 is 11.8 Å². The molecule has 2 amide bonds. The second-order valence-electron chi connectivity index (χ2n) is 3.41. The fraction of sp³-hybridized carbons (Fsp3) is 0.273. The van der Waals surface area contributed by atoms with E-state index in [-0.39, 0.29) is 16.9 Å². The van der Waals surface area contributed by atoms with Crippen LogP contribution < -0.4 is 11.1 Å². The van der Waals surface area contributed by atoms with Crippen molar-refractivity contribution in [1.82, 2.24) is 5.32 Å². The number of phenols is 1. The molecule has 1 rings (SSSR count). The molecule has 86 valence electrons. The first-order valence-corrected chi connectivity index (χ1v) is 4.89. The van der Waals surface area contributed by atoms with E-state index in [0.29, 0.717) is 12.1 Å². The largest absolute Gasteiger partial charge is 0.507 e. The minimum atomic E-state index is -0.622. The molecule has 0 heterocycles. The number of primary amides is 1. The number of hydrogen-bond donors (Lipinski definition) is 3. The summed E-state index contributed by atoms with van der Waals surface area (Å²) in [6.45, 7) is 3.84. The smallest absolute Gasteiger partial charge is 0.255 e. The molecule has 0 atom stereocenters. The Bertz CT molecular complexity index is 441. The van der Waals surface area contributed by atoms with E-state index in [1.165, 1.54) is 12.1 Å². The van der Waals surface area contributed by atoms with Gasteiger partial charge in [-0.3, -0.25) is 9.59 Å². The molecule has 0 radical (unpaired) electrons. The highest BCUT2D eigenvalue weighted by atomic mass is 16.3. The second-order valence-corrected chi connectivity index (χ2v) is 3.41. The number of nitrogens with two attached hydrogens (primary N) is 1. The summed E-state index contributed by atoms with van der Waals surface area (Å²) < 4.78 is 0. The van der Waals surface area contributed by atoms with Crippen molar-refractivity contribution in [2.75, 3.05) is 6.54 Å². The normalized spacial score (nSPS) is 9.88. The molecule has 5 heteroatoms. The van der Waals surface area contributed by atoms with Crippen LogP contribution in [-0.2, 0) is 0 Å². The van der Waals surface area contributed by atoms with Crippen molar-refractivity contribution in [3.8, 4) is 5.75 Å². The van der Waals surface area contributed by atoms with E-state index in [2.05, 4.69) is 5.32 Å². The predicted molar refractivity (Wildman–Crippen MR) is 59.4 cm³/mol. The van der Waals surface area contributed by atoms with Crippen molar-refractivity contribution in [3.05, 3.63) is 28.8 Å². The molecule has 0 aliphatic rings. The van der Waals surface area contributed by atoms with Gasteiger partial charge in [0.1, 0.15) is 5.75 Å². The van der Waals surface area contributed by atoms with Gasteiger partial charge < -0.3 is 16.2 Å². The lowest BCUT2D eigenvalue weighted by atomic mass is 10.0. The van der Waals surface area contributed by atoms with Crippen molar-refractivity contribution in [1.29, 1.82) is 0 Å². The van der Waals surface area contributed by atoms with Crippen LogP contribution in [0.4, 0.5) is 0 Å². The number of carbonyl (C=O) groups is 2. The summed E-state index contributed by atoms with van der Waals surface area (Å²) >= 11 is 0. The fourth-order valence-electron chi connectivity index (χ4n) is 1.40. The number of rotatable bonds is 3. The molecule has 0 aliphatic carbocycles.